The molecule has 0 bridgehead atoms. The van der Waals surface area contributed by atoms with Crippen LogP contribution < -0.4 is 5.73 Å². The van der Waals surface area contributed by atoms with E-state index >= 15 is 0 Å². The number of hydrogen-bond donors (Lipinski definition) is 1. The van der Waals surface area contributed by atoms with Crippen molar-refractivity contribution in [2.24, 2.45) is 11.7 Å². The van der Waals surface area contributed by atoms with Gasteiger partial charge in [0.05, 0.1) is 0 Å². The Morgan fingerprint density at radius 1 is 1.41 bits per heavy atom. The zero-order chi connectivity index (χ0) is 13.1. The number of likely N-dealkylation sites (tertiary alicyclic amines) is 1. The molecule has 0 spiro atoms. The van der Waals surface area contributed by atoms with Crippen molar-refractivity contribution in [3.05, 3.63) is 0 Å². The van der Waals surface area contributed by atoms with Crippen LogP contribution in [0.2, 0.25) is 0 Å². The maximum absolute atomic E-state index is 12.0. The summed E-state index contributed by atoms with van der Waals surface area (Å²) in [6, 6.07) is 0.137. The van der Waals surface area contributed by atoms with Crippen molar-refractivity contribution in [1.29, 1.82) is 0 Å². The molecule has 1 aliphatic rings. The normalized spacial score (nSPS) is 24.1. The fourth-order valence-corrected chi connectivity index (χ4v) is 2.10. The average Bonchev–Trinajstić information content (AvgIpc) is 2.39. The lowest BCUT2D eigenvalue weighted by atomic mass is 9.97. The molecule has 1 unspecified atom stereocenters. The van der Waals surface area contributed by atoms with E-state index in [0.29, 0.717) is 5.92 Å². The van der Waals surface area contributed by atoms with Gasteiger partial charge in [0.1, 0.15) is 5.60 Å². The second kappa shape index (κ2) is 5.71. The van der Waals surface area contributed by atoms with Gasteiger partial charge in [-0.15, -0.1) is 0 Å². The number of ether oxygens (including phenoxy) is 1. The molecule has 17 heavy (non-hydrogen) atoms. The standard InChI is InChI=1S/C13H26N2O2/c1-10(14)11-7-5-6-8-15(9-11)12(16)17-13(2,3)4/h10-11H,5-9,14H2,1-4H3/t10-,11?/m0/s1. The average molecular weight is 242 g/mol. The lowest BCUT2D eigenvalue weighted by molar-refractivity contribution is 0.0230. The maximum Gasteiger partial charge on any atom is 0.410 e. The largest absolute Gasteiger partial charge is 0.444 e. The molecule has 1 fully saturated rings. The summed E-state index contributed by atoms with van der Waals surface area (Å²) in [6.45, 7) is 9.22. The van der Waals surface area contributed by atoms with Gasteiger partial charge in [-0.05, 0) is 46.5 Å². The van der Waals surface area contributed by atoms with Crippen molar-refractivity contribution in [3.8, 4) is 0 Å². The Hall–Kier alpha value is -0.770. The summed E-state index contributed by atoms with van der Waals surface area (Å²) < 4.78 is 5.41. The fraction of sp³-hybridized carbons (Fsp3) is 0.923. The molecule has 0 saturated carbocycles. The van der Waals surface area contributed by atoms with E-state index < -0.39 is 5.60 Å². The van der Waals surface area contributed by atoms with E-state index in [4.69, 9.17) is 10.5 Å². The van der Waals surface area contributed by atoms with Gasteiger partial charge < -0.3 is 15.4 Å². The third-order valence-corrected chi connectivity index (χ3v) is 3.10. The van der Waals surface area contributed by atoms with Gasteiger partial charge in [-0.1, -0.05) is 6.42 Å². The summed E-state index contributed by atoms with van der Waals surface area (Å²) in [5.74, 6) is 0.394. The molecule has 1 aliphatic heterocycles. The van der Waals surface area contributed by atoms with E-state index in [-0.39, 0.29) is 12.1 Å². The number of rotatable bonds is 1. The first kappa shape index (κ1) is 14.3. The topological polar surface area (TPSA) is 55.6 Å². The SMILES string of the molecule is C[C@H](N)C1CCCCN(C(=O)OC(C)(C)C)C1. The zero-order valence-corrected chi connectivity index (χ0v) is 11.5. The van der Waals surface area contributed by atoms with Crippen molar-refractivity contribution < 1.29 is 9.53 Å². The van der Waals surface area contributed by atoms with Crippen molar-refractivity contribution in [2.45, 2.75) is 58.6 Å². The Kier molecular flexibility index (Phi) is 4.80. The van der Waals surface area contributed by atoms with Gasteiger partial charge >= 0.3 is 6.09 Å². The van der Waals surface area contributed by atoms with E-state index in [0.717, 1.165) is 32.4 Å². The van der Waals surface area contributed by atoms with Crippen molar-refractivity contribution in [3.63, 3.8) is 0 Å². The molecule has 0 aromatic rings. The van der Waals surface area contributed by atoms with Crippen molar-refractivity contribution in [1.82, 2.24) is 4.90 Å². The molecule has 100 valence electrons. The van der Waals surface area contributed by atoms with Crippen molar-refractivity contribution in [2.75, 3.05) is 13.1 Å². The molecule has 1 amide bonds. The van der Waals surface area contributed by atoms with E-state index in [2.05, 4.69) is 0 Å². The first-order valence-electron chi connectivity index (χ1n) is 6.53. The van der Waals surface area contributed by atoms with Crippen molar-refractivity contribution >= 4 is 6.09 Å². The summed E-state index contributed by atoms with van der Waals surface area (Å²) >= 11 is 0. The lowest BCUT2D eigenvalue weighted by Crippen LogP contribution is -2.42. The molecule has 1 saturated heterocycles. The van der Waals surface area contributed by atoms with E-state index in [9.17, 15) is 4.79 Å². The predicted molar refractivity (Wildman–Crippen MR) is 68.8 cm³/mol. The van der Waals surface area contributed by atoms with Gasteiger partial charge in [-0.25, -0.2) is 4.79 Å². The fourth-order valence-electron chi connectivity index (χ4n) is 2.10. The minimum Gasteiger partial charge on any atom is -0.444 e. The second-order valence-electron chi connectivity index (χ2n) is 6.04. The van der Waals surface area contributed by atoms with Crippen LogP contribution in [0.5, 0.6) is 0 Å². The minimum atomic E-state index is -0.423. The highest BCUT2D eigenvalue weighted by atomic mass is 16.6. The Bertz CT molecular complexity index is 259. The van der Waals surface area contributed by atoms with Crippen LogP contribution >= 0.6 is 0 Å². The monoisotopic (exact) mass is 242 g/mol. The molecule has 1 rings (SSSR count). The van der Waals surface area contributed by atoms with E-state index in [1.165, 1.54) is 0 Å². The van der Waals surface area contributed by atoms with Gasteiger partial charge in [0.15, 0.2) is 0 Å². The third-order valence-electron chi connectivity index (χ3n) is 3.10. The number of hydrogen-bond acceptors (Lipinski definition) is 3. The molecule has 0 aliphatic carbocycles. The summed E-state index contributed by atoms with van der Waals surface area (Å²) in [5.41, 5.74) is 5.52. The van der Waals surface area contributed by atoms with Crippen LogP contribution in [0.25, 0.3) is 0 Å². The second-order valence-corrected chi connectivity index (χ2v) is 6.04. The summed E-state index contributed by atoms with van der Waals surface area (Å²) in [6.07, 6.45) is 3.09. The summed E-state index contributed by atoms with van der Waals surface area (Å²) in [4.78, 5) is 13.8. The molecule has 4 nitrogen and oxygen atoms in total. The molecule has 4 heteroatoms. The van der Waals surface area contributed by atoms with E-state index in [1.807, 2.05) is 32.6 Å². The van der Waals surface area contributed by atoms with Gasteiger partial charge in [-0.2, -0.15) is 0 Å². The highest BCUT2D eigenvalue weighted by Crippen LogP contribution is 2.20. The smallest absolute Gasteiger partial charge is 0.410 e. The first-order chi connectivity index (χ1) is 7.79. The molecular weight excluding hydrogens is 216 g/mol. The third kappa shape index (κ3) is 4.94. The maximum atomic E-state index is 12.0. The Morgan fingerprint density at radius 2 is 2.06 bits per heavy atom. The molecule has 0 radical (unpaired) electrons. The van der Waals surface area contributed by atoms with Gasteiger partial charge in [0.2, 0.25) is 0 Å². The number of carbonyl (C=O) groups excluding carboxylic acids is 1. The Morgan fingerprint density at radius 3 is 2.59 bits per heavy atom. The Balaban J connectivity index is 2.59. The number of nitrogens with zero attached hydrogens (tertiary/aromatic N) is 1. The Labute approximate surface area is 104 Å². The molecule has 0 aromatic carbocycles. The summed E-state index contributed by atoms with van der Waals surface area (Å²) in [7, 11) is 0. The number of carbonyl (C=O) groups is 1. The molecule has 2 N–H and O–H groups in total. The van der Waals surface area contributed by atoms with Crippen LogP contribution in [0.15, 0.2) is 0 Å². The first-order valence-corrected chi connectivity index (χ1v) is 6.53. The molecular formula is C13H26N2O2. The van der Waals surface area contributed by atoms with Crippen LogP contribution in [-0.2, 0) is 4.74 Å². The van der Waals surface area contributed by atoms with Crippen LogP contribution in [0, 0.1) is 5.92 Å². The quantitative estimate of drug-likeness (QED) is 0.768. The van der Waals surface area contributed by atoms with Gasteiger partial charge in [-0.3, -0.25) is 0 Å². The van der Waals surface area contributed by atoms with Gasteiger partial charge in [0, 0.05) is 19.1 Å². The van der Waals surface area contributed by atoms with Crippen LogP contribution in [0.3, 0.4) is 0 Å². The van der Waals surface area contributed by atoms with Crippen LogP contribution in [0.1, 0.15) is 47.0 Å². The zero-order valence-electron chi connectivity index (χ0n) is 11.5. The number of nitrogens with two attached hydrogens (primary N) is 1. The molecule has 0 aromatic heterocycles. The highest BCUT2D eigenvalue weighted by Gasteiger charge is 2.27. The molecule has 1 heterocycles. The summed E-state index contributed by atoms with van der Waals surface area (Å²) in [5, 5.41) is 0. The number of amides is 1. The lowest BCUT2D eigenvalue weighted by Gasteiger charge is -2.29. The highest BCUT2D eigenvalue weighted by molar-refractivity contribution is 5.68. The molecule has 2 atom stereocenters. The van der Waals surface area contributed by atoms with Crippen LogP contribution in [0.4, 0.5) is 4.79 Å². The minimum absolute atomic E-state index is 0.137. The van der Waals surface area contributed by atoms with Gasteiger partial charge in [0.25, 0.3) is 0 Å². The predicted octanol–water partition coefficient (Wildman–Crippen LogP) is 2.37. The van der Waals surface area contributed by atoms with E-state index in [1.54, 1.807) is 0 Å². The van der Waals surface area contributed by atoms with Crippen LogP contribution in [-0.4, -0.2) is 35.7 Å².